The second-order valence-corrected chi connectivity index (χ2v) is 7.61. The Balaban J connectivity index is 2.02. The number of thioether (sulfide) groups is 1. The van der Waals surface area contributed by atoms with E-state index in [0.717, 1.165) is 36.3 Å². The molecule has 0 aliphatic heterocycles. The number of alkyl carbamates (subject to hydrolysis) is 1. The minimum absolute atomic E-state index is 0.122. The summed E-state index contributed by atoms with van der Waals surface area (Å²) < 4.78 is 5.16. The smallest absolute Gasteiger partial charge is 0.407 e. The molecule has 0 fully saturated rings. The molecule has 6 nitrogen and oxygen atoms in total. The van der Waals surface area contributed by atoms with Crippen molar-refractivity contribution in [2.75, 3.05) is 12.3 Å². The van der Waals surface area contributed by atoms with Crippen LogP contribution in [-0.4, -0.2) is 28.9 Å². The summed E-state index contributed by atoms with van der Waals surface area (Å²) in [6.07, 6.45) is 3.79. The van der Waals surface area contributed by atoms with Crippen molar-refractivity contribution in [3.05, 3.63) is 34.4 Å². The average Bonchev–Trinajstić information content (AvgIpc) is 2.48. The van der Waals surface area contributed by atoms with Gasteiger partial charge in [0.05, 0.1) is 4.92 Å². The lowest BCUT2D eigenvalue weighted by molar-refractivity contribution is -0.384. The highest BCUT2D eigenvalue weighted by molar-refractivity contribution is 7.99. The molecular weight excluding hydrogens is 328 g/mol. The molecule has 0 saturated heterocycles. The summed E-state index contributed by atoms with van der Waals surface area (Å²) in [7, 11) is 0. The molecule has 1 aromatic rings. The molecule has 24 heavy (non-hydrogen) atoms. The number of nitro benzene ring substituents is 1. The van der Waals surface area contributed by atoms with Crippen LogP contribution < -0.4 is 5.32 Å². The van der Waals surface area contributed by atoms with Gasteiger partial charge in [-0.3, -0.25) is 10.1 Å². The van der Waals surface area contributed by atoms with Gasteiger partial charge in [-0.15, -0.1) is 11.8 Å². The molecule has 7 heteroatoms. The summed E-state index contributed by atoms with van der Waals surface area (Å²) in [5.74, 6) is 0.983. The Labute approximate surface area is 147 Å². The maximum atomic E-state index is 11.4. The summed E-state index contributed by atoms with van der Waals surface area (Å²) in [5, 5.41) is 13.3. The second-order valence-electron chi connectivity index (χ2n) is 6.44. The van der Waals surface area contributed by atoms with Crippen molar-refractivity contribution in [2.45, 2.75) is 57.0 Å². The Morgan fingerprint density at radius 1 is 1.17 bits per heavy atom. The van der Waals surface area contributed by atoms with Crippen LogP contribution in [0.5, 0.6) is 0 Å². The van der Waals surface area contributed by atoms with Crippen molar-refractivity contribution >= 4 is 23.5 Å². The minimum atomic E-state index is -0.459. The van der Waals surface area contributed by atoms with Crippen molar-refractivity contribution in [3.8, 4) is 0 Å². The Morgan fingerprint density at radius 2 is 1.79 bits per heavy atom. The van der Waals surface area contributed by atoms with Gasteiger partial charge >= 0.3 is 6.09 Å². The molecule has 0 atom stereocenters. The number of ether oxygens (including phenoxy) is 1. The fraction of sp³-hybridized carbons (Fsp3) is 0.588. The number of hydrogen-bond acceptors (Lipinski definition) is 5. The third-order valence-corrected chi connectivity index (χ3v) is 4.15. The molecule has 134 valence electrons. The van der Waals surface area contributed by atoms with Crippen molar-refractivity contribution < 1.29 is 14.5 Å². The van der Waals surface area contributed by atoms with Gasteiger partial charge in [-0.2, -0.15) is 0 Å². The predicted octanol–water partition coefficient (Wildman–Crippen LogP) is 4.77. The number of unbranched alkanes of at least 4 members (excludes halogenated alkanes) is 3. The first-order valence-electron chi connectivity index (χ1n) is 8.12. The molecule has 0 aromatic heterocycles. The largest absolute Gasteiger partial charge is 0.444 e. The topological polar surface area (TPSA) is 81.5 Å². The normalized spacial score (nSPS) is 11.1. The molecule has 1 aromatic carbocycles. The first kappa shape index (κ1) is 20.3. The molecule has 0 saturated carbocycles. The van der Waals surface area contributed by atoms with Crippen molar-refractivity contribution in [1.29, 1.82) is 0 Å². The molecule has 1 rings (SSSR count). The SMILES string of the molecule is CC(C)(C)OC(=O)NCCCCCCSc1ccc([N+](=O)[O-])cc1. The van der Waals surface area contributed by atoms with E-state index >= 15 is 0 Å². The van der Waals surface area contributed by atoms with Gasteiger partial charge in [-0.1, -0.05) is 12.8 Å². The van der Waals surface area contributed by atoms with Crippen LogP contribution in [0.1, 0.15) is 46.5 Å². The monoisotopic (exact) mass is 354 g/mol. The van der Waals surface area contributed by atoms with Crippen LogP contribution in [0.25, 0.3) is 0 Å². The second kappa shape index (κ2) is 10.2. The average molecular weight is 354 g/mol. The Kier molecular flexibility index (Phi) is 8.60. The van der Waals surface area contributed by atoms with Crippen molar-refractivity contribution in [1.82, 2.24) is 5.32 Å². The standard InChI is InChI=1S/C17H26N2O4S/c1-17(2,3)23-16(20)18-12-6-4-5-7-13-24-15-10-8-14(9-11-15)19(21)22/h8-11H,4-7,12-13H2,1-3H3,(H,18,20). The fourth-order valence-electron chi connectivity index (χ4n) is 1.94. The molecule has 0 spiro atoms. The van der Waals surface area contributed by atoms with Crippen LogP contribution in [-0.2, 0) is 4.74 Å². The maximum Gasteiger partial charge on any atom is 0.407 e. The molecule has 0 heterocycles. The predicted molar refractivity (Wildman–Crippen MR) is 96.5 cm³/mol. The van der Waals surface area contributed by atoms with Gasteiger partial charge in [0.1, 0.15) is 5.60 Å². The van der Waals surface area contributed by atoms with Gasteiger partial charge < -0.3 is 10.1 Å². The number of carbonyl (C=O) groups excluding carboxylic acids is 1. The lowest BCUT2D eigenvalue weighted by Crippen LogP contribution is -2.32. The van der Waals surface area contributed by atoms with Gasteiger partial charge in [-0.25, -0.2) is 4.79 Å². The summed E-state index contributed by atoms with van der Waals surface area (Å²) in [6.45, 7) is 6.16. The fourth-order valence-corrected chi connectivity index (χ4v) is 2.85. The zero-order valence-corrected chi connectivity index (χ0v) is 15.4. The van der Waals surface area contributed by atoms with Gasteiger partial charge in [0, 0.05) is 23.6 Å². The lowest BCUT2D eigenvalue weighted by Gasteiger charge is -2.19. The Hall–Kier alpha value is -1.76. The summed E-state index contributed by atoms with van der Waals surface area (Å²) in [5.41, 5.74) is -0.337. The van der Waals surface area contributed by atoms with Crippen molar-refractivity contribution in [3.63, 3.8) is 0 Å². The zero-order chi connectivity index (χ0) is 18.0. The summed E-state index contributed by atoms with van der Waals surface area (Å²) in [6, 6.07) is 6.64. The molecule has 1 N–H and O–H groups in total. The van der Waals surface area contributed by atoms with Crippen LogP contribution >= 0.6 is 11.8 Å². The van der Waals surface area contributed by atoms with E-state index in [1.54, 1.807) is 23.9 Å². The lowest BCUT2D eigenvalue weighted by atomic mass is 10.2. The number of nitrogens with one attached hydrogen (secondary N) is 1. The number of nitrogens with zero attached hydrogens (tertiary/aromatic N) is 1. The molecule has 0 radical (unpaired) electrons. The van der Waals surface area contributed by atoms with Crippen molar-refractivity contribution in [2.24, 2.45) is 0 Å². The zero-order valence-electron chi connectivity index (χ0n) is 14.5. The first-order chi connectivity index (χ1) is 11.3. The number of amides is 1. The van der Waals surface area contributed by atoms with E-state index < -0.39 is 5.60 Å². The third kappa shape index (κ3) is 9.39. The third-order valence-electron chi connectivity index (χ3n) is 3.06. The number of non-ortho nitro benzene ring substituents is 1. The van der Waals surface area contributed by atoms with E-state index in [0.29, 0.717) is 6.54 Å². The molecule has 1 amide bonds. The van der Waals surface area contributed by atoms with E-state index in [4.69, 9.17) is 4.74 Å². The molecule has 0 bridgehead atoms. The van der Waals surface area contributed by atoms with Gasteiger partial charge in [0.15, 0.2) is 0 Å². The molecular formula is C17H26N2O4S. The number of carbonyl (C=O) groups is 1. The van der Waals surface area contributed by atoms with Crippen LogP contribution in [0.3, 0.4) is 0 Å². The first-order valence-corrected chi connectivity index (χ1v) is 9.10. The van der Waals surface area contributed by atoms with E-state index in [1.807, 2.05) is 20.8 Å². The van der Waals surface area contributed by atoms with E-state index in [1.165, 1.54) is 12.1 Å². The van der Waals surface area contributed by atoms with Gasteiger partial charge in [0.25, 0.3) is 5.69 Å². The van der Waals surface area contributed by atoms with Crippen LogP contribution in [0.4, 0.5) is 10.5 Å². The van der Waals surface area contributed by atoms with Crippen LogP contribution in [0.2, 0.25) is 0 Å². The maximum absolute atomic E-state index is 11.4. The van der Waals surface area contributed by atoms with E-state index in [2.05, 4.69) is 5.32 Å². The Bertz CT molecular complexity index is 526. The van der Waals surface area contributed by atoms with Gasteiger partial charge in [-0.05, 0) is 51.5 Å². The van der Waals surface area contributed by atoms with E-state index in [9.17, 15) is 14.9 Å². The molecule has 0 aliphatic rings. The molecule has 0 aliphatic carbocycles. The van der Waals surface area contributed by atoms with E-state index in [-0.39, 0.29) is 16.7 Å². The number of nitro groups is 1. The number of benzene rings is 1. The van der Waals surface area contributed by atoms with Crippen LogP contribution in [0.15, 0.2) is 29.2 Å². The molecule has 0 unspecified atom stereocenters. The summed E-state index contributed by atoms with van der Waals surface area (Å²) >= 11 is 1.70. The van der Waals surface area contributed by atoms with Crippen LogP contribution in [0, 0.1) is 10.1 Å². The number of hydrogen-bond donors (Lipinski definition) is 1. The Morgan fingerprint density at radius 3 is 2.38 bits per heavy atom. The quantitative estimate of drug-likeness (QED) is 0.299. The minimum Gasteiger partial charge on any atom is -0.444 e. The highest BCUT2D eigenvalue weighted by atomic mass is 32.2. The number of rotatable bonds is 9. The highest BCUT2D eigenvalue weighted by Gasteiger charge is 2.15. The van der Waals surface area contributed by atoms with Gasteiger partial charge in [0.2, 0.25) is 0 Å². The highest BCUT2D eigenvalue weighted by Crippen LogP contribution is 2.22. The summed E-state index contributed by atoms with van der Waals surface area (Å²) in [4.78, 5) is 22.7.